The molecule has 32 heavy (non-hydrogen) atoms. The lowest BCUT2D eigenvalue weighted by Crippen LogP contribution is -2.67. The van der Waals surface area contributed by atoms with Gasteiger partial charge in [-0.25, -0.2) is 9.59 Å². The van der Waals surface area contributed by atoms with E-state index in [1.165, 1.54) is 14.2 Å². The van der Waals surface area contributed by atoms with Crippen LogP contribution < -0.4 is 11.5 Å². The molecule has 4 N–H and O–H groups in total. The maximum Gasteiger partial charge on any atom is 0.352 e. The van der Waals surface area contributed by atoms with Crippen LogP contribution in [0.1, 0.15) is 36.5 Å². The molecule has 2 aromatic rings. The Morgan fingerprint density at radius 1 is 1.00 bits per heavy atom. The summed E-state index contributed by atoms with van der Waals surface area (Å²) >= 11 is 0. The maximum atomic E-state index is 13.2. The first-order valence-electron chi connectivity index (χ1n) is 10.4. The van der Waals surface area contributed by atoms with E-state index >= 15 is 0 Å². The third-order valence-corrected chi connectivity index (χ3v) is 6.00. The number of carbonyl (C=O) groups excluding carboxylic acids is 2. The van der Waals surface area contributed by atoms with Crippen LogP contribution in [0.5, 0.6) is 0 Å². The first-order chi connectivity index (χ1) is 15.3. The van der Waals surface area contributed by atoms with E-state index in [2.05, 4.69) is 0 Å². The summed E-state index contributed by atoms with van der Waals surface area (Å²) < 4.78 is 22.0. The summed E-state index contributed by atoms with van der Waals surface area (Å²) in [5, 5.41) is 0. The molecule has 0 aromatic heterocycles. The minimum Gasteiger partial charge on any atom is -0.458 e. The van der Waals surface area contributed by atoms with Gasteiger partial charge in [0.05, 0.1) is 0 Å². The topological polar surface area (TPSA) is 123 Å². The summed E-state index contributed by atoms with van der Waals surface area (Å²) in [5.74, 6) is -2.36. The Kier molecular flexibility index (Phi) is 7.63. The lowest BCUT2D eigenvalue weighted by atomic mass is 9.75. The second-order valence-corrected chi connectivity index (χ2v) is 7.96. The van der Waals surface area contributed by atoms with Crippen molar-refractivity contribution in [3.8, 4) is 0 Å². The van der Waals surface area contributed by atoms with Crippen LogP contribution in [0, 0.1) is 0 Å². The van der Waals surface area contributed by atoms with Gasteiger partial charge in [0.25, 0.3) is 0 Å². The van der Waals surface area contributed by atoms with Gasteiger partial charge < -0.3 is 30.4 Å². The molecule has 3 rings (SSSR count). The molecule has 0 aliphatic heterocycles. The molecular weight excluding hydrogens is 412 g/mol. The SMILES string of the molecule is COC1(OC)CCC(N)(C(=O)OC(C(=O)OCc2ccccc2)c2ccccc2)C(N)C1. The molecule has 8 nitrogen and oxygen atoms in total. The molecule has 1 aliphatic rings. The summed E-state index contributed by atoms with van der Waals surface area (Å²) in [7, 11) is 3.04. The quantitative estimate of drug-likeness (QED) is 0.471. The molecule has 8 heteroatoms. The third kappa shape index (κ3) is 5.16. The van der Waals surface area contributed by atoms with Gasteiger partial charge >= 0.3 is 11.9 Å². The summed E-state index contributed by atoms with van der Waals surface area (Å²) in [4.78, 5) is 26.1. The Balaban J connectivity index is 1.76. The van der Waals surface area contributed by atoms with E-state index in [0.717, 1.165) is 5.56 Å². The van der Waals surface area contributed by atoms with Crippen molar-refractivity contribution < 1.29 is 28.5 Å². The molecule has 3 unspecified atom stereocenters. The van der Waals surface area contributed by atoms with Crippen molar-refractivity contribution >= 4 is 11.9 Å². The first kappa shape index (κ1) is 23.9. The minimum absolute atomic E-state index is 0.0536. The van der Waals surface area contributed by atoms with Crippen LogP contribution in [0.4, 0.5) is 0 Å². The Labute approximate surface area is 187 Å². The molecule has 2 aromatic carbocycles. The van der Waals surface area contributed by atoms with E-state index in [1.807, 2.05) is 30.3 Å². The van der Waals surface area contributed by atoms with Gasteiger partial charge in [-0.3, -0.25) is 0 Å². The monoisotopic (exact) mass is 442 g/mol. The molecule has 0 saturated heterocycles. The predicted molar refractivity (Wildman–Crippen MR) is 117 cm³/mol. The van der Waals surface area contributed by atoms with Crippen LogP contribution in [-0.4, -0.2) is 43.5 Å². The molecule has 0 bridgehead atoms. The standard InChI is InChI=1S/C24H30N2O6/c1-29-23(30-2)13-14-24(26,19(25)15-23)22(28)32-20(18-11-7-4-8-12-18)21(27)31-16-17-9-5-3-6-10-17/h3-12,19-20H,13-16,25-26H2,1-2H3. The summed E-state index contributed by atoms with van der Waals surface area (Å²) in [6, 6.07) is 17.1. The van der Waals surface area contributed by atoms with Crippen molar-refractivity contribution in [2.24, 2.45) is 11.5 Å². The van der Waals surface area contributed by atoms with Gasteiger partial charge in [0.15, 0.2) is 5.79 Å². The molecule has 0 spiro atoms. The number of ether oxygens (including phenoxy) is 4. The molecule has 1 fully saturated rings. The van der Waals surface area contributed by atoms with E-state index in [9.17, 15) is 9.59 Å². The second-order valence-electron chi connectivity index (χ2n) is 7.96. The zero-order valence-corrected chi connectivity index (χ0v) is 18.4. The van der Waals surface area contributed by atoms with Gasteiger partial charge in [-0.1, -0.05) is 60.7 Å². The fourth-order valence-corrected chi connectivity index (χ4v) is 3.81. The highest BCUT2D eigenvalue weighted by molar-refractivity contribution is 5.86. The highest BCUT2D eigenvalue weighted by Crippen LogP contribution is 2.37. The molecule has 172 valence electrons. The van der Waals surface area contributed by atoms with E-state index in [1.54, 1.807) is 30.3 Å². The number of benzene rings is 2. The van der Waals surface area contributed by atoms with Crippen LogP contribution in [0.3, 0.4) is 0 Å². The average Bonchev–Trinajstić information content (AvgIpc) is 2.84. The molecule has 0 amide bonds. The highest BCUT2D eigenvalue weighted by atomic mass is 16.7. The maximum absolute atomic E-state index is 13.2. The Morgan fingerprint density at radius 2 is 1.59 bits per heavy atom. The van der Waals surface area contributed by atoms with E-state index in [4.69, 9.17) is 30.4 Å². The number of nitrogens with two attached hydrogens (primary N) is 2. The van der Waals surface area contributed by atoms with Gasteiger partial charge in [-0.15, -0.1) is 0 Å². The number of carbonyl (C=O) groups is 2. The lowest BCUT2D eigenvalue weighted by Gasteiger charge is -2.45. The van der Waals surface area contributed by atoms with Gasteiger partial charge in [-0.05, 0) is 12.0 Å². The number of methoxy groups -OCH3 is 2. The molecule has 1 saturated carbocycles. The van der Waals surface area contributed by atoms with Crippen LogP contribution in [0.2, 0.25) is 0 Å². The molecule has 1 aliphatic carbocycles. The van der Waals surface area contributed by atoms with E-state index in [-0.39, 0.29) is 19.4 Å². The molecule has 0 radical (unpaired) electrons. The van der Waals surface area contributed by atoms with Crippen molar-refractivity contribution in [2.75, 3.05) is 14.2 Å². The van der Waals surface area contributed by atoms with Crippen LogP contribution in [0.25, 0.3) is 0 Å². The summed E-state index contributed by atoms with van der Waals surface area (Å²) in [6.45, 7) is 0.0536. The second kappa shape index (κ2) is 10.2. The fourth-order valence-electron chi connectivity index (χ4n) is 3.81. The van der Waals surface area contributed by atoms with E-state index in [0.29, 0.717) is 12.0 Å². The van der Waals surface area contributed by atoms with Gasteiger partial charge in [0, 0.05) is 38.7 Å². The zero-order valence-electron chi connectivity index (χ0n) is 18.4. The van der Waals surface area contributed by atoms with Crippen molar-refractivity contribution in [2.45, 2.75) is 49.3 Å². The number of hydrogen-bond donors (Lipinski definition) is 2. The van der Waals surface area contributed by atoms with Gasteiger partial charge in [-0.2, -0.15) is 0 Å². The first-order valence-corrected chi connectivity index (χ1v) is 10.4. The Bertz CT molecular complexity index is 903. The summed E-state index contributed by atoms with van der Waals surface area (Å²) in [6.07, 6.45) is -0.528. The smallest absolute Gasteiger partial charge is 0.352 e. The fraction of sp³-hybridized carbons (Fsp3) is 0.417. The lowest BCUT2D eigenvalue weighted by molar-refractivity contribution is -0.233. The summed E-state index contributed by atoms with van der Waals surface area (Å²) in [5.41, 5.74) is 12.5. The predicted octanol–water partition coefficient (Wildman–Crippen LogP) is 2.21. The number of esters is 2. The minimum atomic E-state index is -1.49. The van der Waals surface area contributed by atoms with Crippen LogP contribution in [-0.2, 0) is 35.1 Å². The highest BCUT2D eigenvalue weighted by Gasteiger charge is 2.52. The number of rotatable bonds is 8. The van der Waals surface area contributed by atoms with Crippen molar-refractivity contribution in [1.29, 1.82) is 0 Å². The number of hydrogen-bond acceptors (Lipinski definition) is 8. The average molecular weight is 443 g/mol. The molecule has 3 atom stereocenters. The van der Waals surface area contributed by atoms with Crippen molar-refractivity contribution in [3.63, 3.8) is 0 Å². The molecular formula is C24H30N2O6. The Morgan fingerprint density at radius 3 is 2.16 bits per heavy atom. The largest absolute Gasteiger partial charge is 0.458 e. The zero-order chi connectivity index (χ0) is 23.2. The molecule has 0 heterocycles. The van der Waals surface area contributed by atoms with Crippen LogP contribution in [0.15, 0.2) is 60.7 Å². The van der Waals surface area contributed by atoms with Crippen molar-refractivity contribution in [3.05, 3.63) is 71.8 Å². The van der Waals surface area contributed by atoms with Gasteiger partial charge in [0.1, 0.15) is 12.1 Å². The normalized spacial score (nSPS) is 23.2. The van der Waals surface area contributed by atoms with Gasteiger partial charge in [0.2, 0.25) is 6.10 Å². The van der Waals surface area contributed by atoms with E-state index < -0.39 is 35.4 Å². The van der Waals surface area contributed by atoms with Crippen LogP contribution >= 0.6 is 0 Å². The van der Waals surface area contributed by atoms with Crippen molar-refractivity contribution in [1.82, 2.24) is 0 Å². The Hall–Kier alpha value is -2.78. The third-order valence-electron chi connectivity index (χ3n) is 6.00.